The van der Waals surface area contributed by atoms with Gasteiger partial charge in [-0.2, -0.15) is 0 Å². The molecule has 0 amide bonds. The maximum Gasteiger partial charge on any atom is 0.272 e. The Labute approximate surface area is 133 Å². The first-order valence-corrected chi connectivity index (χ1v) is 7.69. The molecule has 0 aromatic heterocycles. The second kappa shape index (κ2) is 5.00. The third-order valence-electron chi connectivity index (χ3n) is 4.84. The van der Waals surface area contributed by atoms with Gasteiger partial charge in [0.1, 0.15) is 0 Å². The van der Waals surface area contributed by atoms with Crippen LogP contribution < -0.4 is 10.2 Å². The predicted octanol–water partition coefficient (Wildman–Crippen LogP) is 3.34. The molecule has 0 saturated carbocycles. The van der Waals surface area contributed by atoms with E-state index in [-0.39, 0.29) is 11.2 Å². The van der Waals surface area contributed by atoms with E-state index in [2.05, 4.69) is 24.1 Å². The predicted molar refractivity (Wildman–Crippen MR) is 84.4 cm³/mol. The Kier molecular flexibility index (Phi) is 3.55. The van der Waals surface area contributed by atoms with Gasteiger partial charge in [-0.05, 0) is 25.7 Å². The van der Waals surface area contributed by atoms with Gasteiger partial charge in [-0.15, -0.1) is 0 Å². The van der Waals surface area contributed by atoms with Gasteiger partial charge in [-0.25, -0.2) is 0 Å². The molecule has 0 spiro atoms. The standard InChI is InChI=1S/C14H17Cl2N3O2/c1-14(2)10-6-17-5-8(10)7-18(14)13-11(15)3-9(19(20)21)4-12(13)16/h3-4,8,10,17H,5-7H2,1-2H3. The lowest BCUT2D eigenvalue weighted by atomic mass is 9.84. The molecular formula is C14H17Cl2N3O2. The molecule has 5 nitrogen and oxygen atoms in total. The average molecular weight is 330 g/mol. The van der Waals surface area contributed by atoms with Crippen LogP contribution in [0.5, 0.6) is 0 Å². The van der Waals surface area contributed by atoms with Crippen molar-refractivity contribution in [1.29, 1.82) is 0 Å². The summed E-state index contributed by atoms with van der Waals surface area (Å²) < 4.78 is 0. The summed E-state index contributed by atoms with van der Waals surface area (Å²) in [7, 11) is 0. The topological polar surface area (TPSA) is 58.4 Å². The molecule has 0 aliphatic carbocycles. The number of fused-ring (bicyclic) bond motifs is 1. The highest BCUT2D eigenvalue weighted by atomic mass is 35.5. The molecule has 1 aromatic carbocycles. The van der Waals surface area contributed by atoms with Gasteiger partial charge < -0.3 is 10.2 Å². The summed E-state index contributed by atoms with van der Waals surface area (Å²) in [5, 5.41) is 15.0. The van der Waals surface area contributed by atoms with E-state index in [1.165, 1.54) is 12.1 Å². The van der Waals surface area contributed by atoms with Crippen molar-refractivity contribution in [3.63, 3.8) is 0 Å². The second-order valence-corrected chi connectivity index (χ2v) is 7.12. The van der Waals surface area contributed by atoms with Crippen molar-refractivity contribution in [2.75, 3.05) is 24.5 Å². The number of nitro groups is 1. The summed E-state index contributed by atoms with van der Waals surface area (Å²) >= 11 is 12.6. The molecule has 2 heterocycles. The average Bonchev–Trinajstić information content (AvgIpc) is 2.92. The first-order chi connectivity index (χ1) is 9.82. The van der Waals surface area contributed by atoms with Gasteiger partial charge in [-0.3, -0.25) is 10.1 Å². The SMILES string of the molecule is CC1(C)C2CNCC2CN1c1c(Cl)cc([N+](=O)[O-])cc1Cl. The summed E-state index contributed by atoms with van der Waals surface area (Å²) in [5.74, 6) is 1.09. The minimum absolute atomic E-state index is 0.0763. The lowest BCUT2D eigenvalue weighted by molar-refractivity contribution is -0.384. The number of nitrogens with one attached hydrogen (secondary N) is 1. The highest BCUT2D eigenvalue weighted by molar-refractivity contribution is 6.39. The molecule has 0 bridgehead atoms. The van der Waals surface area contributed by atoms with Gasteiger partial charge in [0.25, 0.3) is 5.69 Å². The van der Waals surface area contributed by atoms with Crippen molar-refractivity contribution in [2.24, 2.45) is 11.8 Å². The minimum atomic E-state index is -0.477. The fraction of sp³-hybridized carbons (Fsp3) is 0.571. The number of anilines is 1. The van der Waals surface area contributed by atoms with E-state index in [9.17, 15) is 10.1 Å². The third kappa shape index (κ3) is 2.28. The number of hydrogen-bond donors (Lipinski definition) is 1. The minimum Gasteiger partial charge on any atom is -0.363 e. The number of rotatable bonds is 2. The van der Waals surface area contributed by atoms with E-state index in [1.807, 2.05) is 0 Å². The van der Waals surface area contributed by atoms with Crippen molar-refractivity contribution < 1.29 is 4.92 Å². The maximum atomic E-state index is 10.9. The van der Waals surface area contributed by atoms with Gasteiger partial charge in [0.05, 0.1) is 20.7 Å². The van der Waals surface area contributed by atoms with Crippen LogP contribution in [-0.4, -0.2) is 30.1 Å². The van der Waals surface area contributed by atoms with E-state index in [4.69, 9.17) is 23.2 Å². The Morgan fingerprint density at radius 2 is 1.95 bits per heavy atom. The number of halogens is 2. The Hall–Kier alpha value is -1.04. The molecule has 1 aromatic rings. The van der Waals surface area contributed by atoms with Gasteiger partial charge in [0.15, 0.2) is 0 Å². The molecule has 1 N–H and O–H groups in total. The number of nitro benzene ring substituents is 1. The van der Waals surface area contributed by atoms with Crippen molar-refractivity contribution in [3.05, 3.63) is 32.3 Å². The summed E-state index contributed by atoms with van der Waals surface area (Å²) in [4.78, 5) is 12.6. The third-order valence-corrected chi connectivity index (χ3v) is 5.42. The van der Waals surface area contributed by atoms with Crippen LogP contribution in [0.1, 0.15) is 13.8 Å². The fourth-order valence-electron chi connectivity index (χ4n) is 3.72. The molecule has 2 aliphatic heterocycles. The van der Waals surface area contributed by atoms with Gasteiger partial charge in [-0.1, -0.05) is 23.2 Å². The zero-order valence-electron chi connectivity index (χ0n) is 11.9. The maximum absolute atomic E-state index is 10.9. The van der Waals surface area contributed by atoms with Gasteiger partial charge in [0, 0.05) is 37.3 Å². The molecule has 2 atom stereocenters. The van der Waals surface area contributed by atoms with Crippen molar-refractivity contribution >= 4 is 34.6 Å². The fourth-order valence-corrected chi connectivity index (χ4v) is 4.40. The summed E-state index contributed by atoms with van der Waals surface area (Å²) in [6.07, 6.45) is 0. The number of nitrogens with zero attached hydrogens (tertiary/aromatic N) is 2. The Morgan fingerprint density at radius 3 is 2.48 bits per heavy atom. The molecule has 2 aliphatic rings. The van der Waals surface area contributed by atoms with Crippen molar-refractivity contribution in [2.45, 2.75) is 19.4 Å². The Bertz CT molecular complexity index is 583. The summed E-state index contributed by atoms with van der Waals surface area (Å²) in [6, 6.07) is 2.76. The van der Waals surface area contributed by atoms with Crippen LogP contribution >= 0.6 is 23.2 Å². The van der Waals surface area contributed by atoms with E-state index < -0.39 is 4.92 Å². The zero-order valence-corrected chi connectivity index (χ0v) is 13.4. The van der Waals surface area contributed by atoms with E-state index in [0.717, 1.165) is 19.6 Å². The van der Waals surface area contributed by atoms with Crippen LogP contribution in [0.25, 0.3) is 0 Å². The monoisotopic (exact) mass is 329 g/mol. The van der Waals surface area contributed by atoms with E-state index in [0.29, 0.717) is 27.6 Å². The molecule has 0 radical (unpaired) electrons. The normalized spacial score (nSPS) is 27.0. The lowest BCUT2D eigenvalue weighted by Crippen LogP contribution is -2.44. The molecule has 114 valence electrons. The van der Waals surface area contributed by atoms with Crippen LogP contribution in [0.4, 0.5) is 11.4 Å². The Balaban J connectivity index is 2.03. The van der Waals surface area contributed by atoms with Crippen LogP contribution in [0.2, 0.25) is 10.0 Å². The van der Waals surface area contributed by atoms with E-state index >= 15 is 0 Å². The summed E-state index contributed by atoms with van der Waals surface area (Å²) in [6.45, 7) is 7.20. The van der Waals surface area contributed by atoms with Crippen LogP contribution in [0.3, 0.4) is 0 Å². The number of non-ortho nitro benzene ring substituents is 1. The number of benzene rings is 1. The van der Waals surface area contributed by atoms with Crippen LogP contribution in [0, 0.1) is 22.0 Å². The first-order valence-electron chi connectivity index (χ1n) is 6.94. The number of hydrogen-bond acceptors (Lipinski definition) is 4. The largest absolute Gasteiger partial charge is 0.363 e. The zero-order chi connectivity index (χ0) is 15.4. The van der Waals surface area contributed by atoms with Crippen molar-refractivity contribution in [3.8, 4) is 0 Å². The molecule has 21 heavy (non-hydrogen) atoms. The van der Waals surface area contributed by atoms with Gasteiger partial charge >= 0.3 is 0 Å². The quantitative estimate of drug-likeness (QED) is 0.667. The lowest BCUT2D eigenvalue weighted by Gasteiger charge is -2.38. The second-order valence-electron chi connectivity index (χ2n) is 6.30. The highest BCUT2D eigenvalue weighted by Crippen LogP contribution is 2.48. The molecule has 2 fully saturated rings. The molecular weight excluding hydrogens is 313 g/mol. The smallest absolute Gasteiger partial charge is 0.272 e. The Morgan fingerprint density at radius 1 is 1.33 bits per heavy atom. The highest BCUT2D eigenvalue weighted by Gasteiger charge is 2.50. The molecule has 7 heteroatoms. The molecule has 2 unspecified atom stereocenters. The van der Waals surface area contributed by atoms with Gasteiger partial charge in [0.2, 0.25) is 0 Å². The van der Waals surface area contributed by atoms with Crippen LogP contribution in [0.15, 0.2) is 12.1 Å². The van der Waals surface area contributed by atoms with Crippen molar-refractivity contribution in [1.82, 2.24) is 5.32 Å². The first kappa shape index (κ1) is 14.9. The summed E-state index contributed by atoms with van der Waals surface area (Å²) in [5.41, 5.74) is 0.549. The molecule has 2 saturated heterocycles. The van der Waals surface area contributed by atoms with Crippen LogP contribution in [-0.2, 0) is 0 Å². The van der Waals surface area contributed by atoms with E-state index in [1.54, 1.807) is 0 Å². The molecule has 3 rings (SSSR count).